The van der Waals surface area contributed by atoms with Gasteiger partial charge in [0.15, 0.2) is 0 Å². The number of ether oxygens (including phenoxy) is 1. The maximum atomic E-state index is 12.9. The number of nitrogens with one attached hydrogen (secondary N) is 1. The van der Waals surface area contributed by atoms with Crippen molar-refractivity contribution in [2.75, 3.05) is 26.2 Å². The summed E-state index contributed by atoms with van der Waals surface area (Å²) in [5.74, 6) is 1.99. The summed E-state index contributed by atoms with van der Waals surface area (Å²) in [6, 6.07) is 8.71. The van der Waals surface area contributed by atoms with Crippen LogP contribution in [0, 0.1) is 5.41 Å². The van der Waals surface area contributed by atoms with E-state index in [1.165, 1.54) is 11.1 Å². The van der Waals surface area contributed by atoms with Crippen molar-refractivity contribution >= 4 is 5.97 Å². The minimum Gasteiger partial charge on any atom is -0.465 e. The number of aromatic nitrogens is 4. The number of hydrogen-bond donors (Lipinski definition) is 1. The van der Waals surface area contributed by atoms with Crippen molar-refractivity contribution in [3.63, 3.8) is 0 Å². The first kappa shape index (κ1) is 26.6. The molecule has 1 N–H and O–H groups in total. The minimum absolute atomic E-state index is 0.0706. The van der Waals surface area contributed by atoms with Gasteiger partial charge in [0.25, 0.3) is 0 Å². The first-order chi connectivity index (χ1) is 18.4. The Labute approximate surface area is 225 Å². The van der Waals surface area contributed by atoms with Crippen LogP contribution in [0.5, 0.6) is 0 Å². The highest BCUT2D eigenvalue weighted by Crippen LogP contribution is 2.42. The first-order valence-electron chi connectivity index (χ1n) is 13.8. The molecule has 1 aromatic carbocycles. The van der Waals surface area contributed by atoms with Crippen molar-refractivity contribution < 1.29 is 9.53 Å². The smallest absolute Gasteiger partial charge is 0.323 e. The number of imidazole rings is 2. The summed E-state index contributed by atoms with van der Waals surface area (Å²) >= 11 is 0. The third-order valence-corrected chi connectivity index (χ3v) is 8.22. The Kier molecular flexibility index (Phi) is 8.26. The number of esters is 1. The van der Waals surface area contributed by atoms with Crippen molar-refractivity contribution in [3.8, 4) is 0 Å². The molecule has 0 saturated carbocycles. The second kappa shape index (κ2) is 11.8. The zero-order chi connectivity index (χ0) is 26.5. The molecule has 0 aliphatic carbocycles. The fourth-order valence-corrected chi connectivity index (χ4v) is 6.01. The number of rotatable bonds is 10. The summed E-state index contributed by atoms with van der Waals surface area (Å²) in [6.45, 7) is 8.39. The molecule has 3 aromatic rings. The summed E-state index contributed by atoms with van der Waals surface area (Å²) in [5.41, 5.74) is 2.70. The van der Waals surface area contributed by atoms with Crippen LogP contribution >= 0.6 is 0 Å². The molecule has 2 aromatic heterocycles. The van der Waals surface area contributed by atoms with Gasteiger partial charge in [-0.3, -0.25) is 14.6 Å². The van der Waals surface area contributed by atoms with Crippen molar-refractivity contribution in [3.05, 3.63) is 71.8 Å². The number of carbonyl (C=O) groups excluding carboxylic acids is 1. The molecule has 204 valence electrons. The van der Waals surface area contributed by atoms with E-state index in [0.29, 0.717) is 6.61 Å². The molecule has 2 saturated heterocycles. The van der Waals surface area contributed by atoms with Crippen LogP contribution in [0.2, 0.25) is 0 Å². The van der Waals surface area contributed by atoms with Gasteiger partial charge in [-0.2, -0.15) is 0 Å². The van der Waals surface area contributed by atoms with E-state index in [2.05, 4.69) is 58.5 Å². The molecule has 1 unspecified atom stereocenters. The highest BCUT2D eigenvalue weighted by atomic mass is 16.5. The normalized spacial score (nSPS) is 19.4. The van der Waals surface area contributed by atoms with Crippen molar-refractivity contribution in [2.24, 2.45) is 19.5 Å². The minimum atomic E-state index is -0.154. The number of carbonyl (C=O) groups is 1. The molecular weight excluding hydrogens is 478 g/mol. The molecule has 2 aliphatic heterocycles. The van der Waals surface area contributed by atoms with Crippen molar-refractivity contribution in [1.82, 2.24) is 34.2 Å². The SMILES string of the molecule is CCOC(=O)C1CC2(CCNCC2)CN1Cc1ccc(CN(Cc2nccn2C)Cc2nccn2C)cc1. The average Bonchev–Trinajstić information content (AvgIpc) is 3.60. The van der Waals surface area contributed by atoms with Gasteiger partial charge in [0.2, 0.25) is 0 Å². The summed E-state index contributed by atoms with van der Waals surface area (Å²) in [6.07, 6.45) is 10.8. The van der Waals surface area contributed by atoms with Gasteiger partial charge in [-0.25, -0.2) is 9.97 Å². The van der Waals surface area contributed by atoms with Gasteiger partial charge in [0.1, 0.15) is 17.7 Å². The Hall–Kier alpha value is -3.01. The summed E-state index contributed by atoms with van der Waals surface area (Å²) in [5, 5.41) is 3.48. The summed E-state index contributed by atoms with van der Waals surface area (Å²) < 4.78 is 9.62. The average molecular weight is 520 g/mol. The number of nitrogens with zero attached hydrogens (tertiary/aromatic N) is 6. The summed E-state index contributed by atoms with van der Waals surface area (Å²) in [7, 11) is 4.07. The Balaban J connectivity index is 1.27. The molecule has 4 heterocycles. The van der Waals surface area contributed by atoms with Crippen LogP contribution in [-0.2, 0) is 49.8 Å². The standard InChI is InChI=1S/C29H41N7O2/c1-4-38-28(37)25-17-29(9-11-30-12-10-29)22-36(25)19-24-7-5-23(6-8-24)18-35(20-26-31-13-15-33(26)2)21-27-32-14-16-34(27)3/h5-8,13-16,25,30H,4,9-12,17-22H2,1-3H3. The molecule has 1 spiro atoms. The molecule has 5 rings (SSSR count). The highest BCUT2D eigenvalue weighted by Gasteiger charge is 2.47. The van der Waals surface area contributed by atoms with Crippen LogP contribution in [0.4, 0.5) is 0 Å². The first-order valence-corrected chi connectivity index (χ1v) is 13.8. The van der Waals surface area contributed by atoms with Crippen LogP contribution in [0.15, 0.2) is 49.1 Å². The molecule has 38 heavy (non-hydrogen) atoms. The zero-order valence-corrected chi connectivity index (χ0v) is 23.0. The Bertz CT molecular complexity index is 1150. The fraction of sp³-hybridized carbons (Fsp3) is 0.552. The van der Waals surface area contributed by atoms with Crippen LogP contribution in [-0.4, -0.2) is 67.2 Å². The van der Waals surface area contributed by atoms with Crippen LogP contribution in [0.1, 0.15) is 49.0 Å². The van der Waals surface area contributed by atoms with Gasteiger partial charge < -0.3 is 19.2 Å². The molecule has 2 fully saturated rings. The van der Waals surface area contributed by atoms with E-state index in [0.717, 1.165) is 76.7 Å². The van der Waals surface area contributed by atoms with Gasteiger partial charge in [0.05, 0.1) is 19.7 Å². The third kappa shape index (κ3) is 6.17. The van der Waals surface area contributed by atoms with Crippen molar-refractivity contribution in [2.45, 2.75) is 58.4 Å². The lowest BCUT2D eigenvalue weighted by atomic mass is 9.77. The van der Waals surface area contributed by atoms with Crippen LogP contribution in [0.25, 0.3) is 0 Å². The number of piperidine rings is 1. The van der Waals surface area contributed by atoms with Gasteiger partial charge in [0, 0.05) is 58.5 Å². The second-order valence-electron chi connectivity index (χ2n) is 11.0. The quantitative estimate of drug-likeness (QED) is 0.413. The van der Waals surface area contributed by atoms with Crippen LogP contribution in [0.3, 0.4) is 0 Å². The van der Waals surface area contributed by atoms with E-state index < -0.39 is 0 Å². The van der Waals surface area contributed by atoms with E-state index in [1.807, 2.05) is 45.8 Å². The van der Waals surface area contributed by atoms with Gasteiger partial charge in [-0.15, -0.1) is 0 Å². The fourth-order valence-electron chi connectivity index (χ4n) is 6.01. The molecule has 9 heteroatoms. The summed E-state index contributed by atoms with van der Waals surface area (Å²) in [4.78, 5) is 26.7. The number of aryl methyl sites for hydroxylation is 2. The molecule has 0 radical (unpaired) electrons. The molecule has 0 bridgehead atoms. The van der Waals surface area contributed by atoms with Crippen LogP contribution < -0.4 is 5.32 Å². The predicted octanol–water partition coefficient (Wildman–Crippen LogP) is 2.86. The Morgan fingerprint density at radius 1 is 1.00 bits per heavy atom. The zero-order valence-electron chi connectivity index (χ0n) is 23.0. The number of hydrogen-bond acceptors (Lipinski definition) is 7. The highest BCUT2D eigenvalue weighted by molar-refractivity contribution is 5.76. The molecule has 9 nitrogen and oxygen atoms in total. The van der Waals surface area contributed by atoms with Gasteiger partial charge in [-0.1, -0.05) is 24.3 Å². The topological polar surface area (TPSA) is 80.5 Å². The predicted molar refractivity (Wildman–Crippen MR) is 146 cm³/mol. The lowest BCUT2D eigenvalue weighted by molar-refractivity contribution is -0.148. The van der Waals surface area contributed by atoms with E-state index in [9.17, 15) is 4.79 Å². The van der Waals surface area contributed by atoms with Crippen molar-refractivity contribution in [1.29, 1.82) is 0 Å². The maximum Gasteiger partial charge on any atom is 0.323 e. The van der Waals surface area contributed by atoms with Gasteiger partial charge >= 0.3 is 5.97 Å². The van der Waals surface area contributed by atoms with E-state index in [1.54, 1.807) is 0 Å². The molecular formula is C29H41N7O2. The van der Waals surface area contributed by atoms with E-state index >= 15 is 0 Å². The number of likely N-dealkylation sites (tertiary alicyclic amines) is 1. The maximum absolute atomic E-state index is 12.9. The molecule has 0 amide bonds. The monoisotopic (exact) mass is 519 g/mol. The largest absolute Gasteiger partial charge is 0.465 e. The lowest BCUT2D eigenvalue weighted by Gasteiger charge is -2.33. The Morgan fingerprint density at radius 3 is 2.16 bits per heavy atom. The third-order valence-electron chi connectivity index (χ3n) is 8.22. The second-order valence-corrected chi connectivity index (χ2v) is 11.0. The van der Waals surface area contributed by atoms with Gasteiger partial charge in [-0.05, 0) is 55.8 Å². The molecule has 2 aliphatic rings. The van der Waals surface area contributed by atoms with E-state index in [-0.39, 0.29) is 17.4 Å². The Morgan fingerprint density at radius 2 is 1.61 bits per heavy atom. The van der Waals surface area contributed by atoms with E-state index in [4.69, 9.17) is 4.74 Å². The lowest BCUT2D eigenvalue weighted by Crippen LogP contribution is -2.38. The number of benzene rings is 1. The molecule has 1 atom stereocenters.